The van der Waals surface area contributed by atoms with Crippen LogP contribution in [0.1, 0.15) is 20.3 Å². The van der Waals surface area contributed by atoms with Crippen molar-refractivity contribution < 1.29 is 9.59 Å². The zero-order chi connectivity index (χ0) is 12.0. The summed E-state index contributed by atoms with van der Waals surface area (Å²) < 4.78 is 0. The standard InChI is InChI=1S/C10H19N3O2S/c1-3-4-11-9(14)7(2)13-10(15)8-5-16-6-12-8/h7-8,12H,3-6H2,1-2H3,(H,11,14)(H,13,15). The van der Waals surface area contributed by atoms with E-state index in [9.17, 15) is 9.59 Å². The number of carbonyl (C=O) groups excluding carboxylic acids is 2. The number of rotatable bonds is 5. The highest BCUT2D eigenvalue weighted by atomic mass is 32.2. The van der Waals surface area contributed by atoms with Gasteiger partial charge in [-0.25, -0.2) is 0 Å². The van der Waals surface area contributed by atoms with Crippen molar-refractivity contribution in [3.8, 4) is 0 Å². The van der Waals surface area contributed by atoms with Crippen molar-refractivity contribution in [1.29, 1.82) is 0 Å². The van der Waals surface area contributed by atoms with Crippen LogP contribution in [0.3, 0.4) is 0 Å². The zero-order valence-electron chi connectivity index (χ0n) is 9.71. The molecule has 0 bridgehead atoms. The summed E-state index contributed by atoms with van der Waals surface area (Å²) in [5.41, 5.74) is 0. The fraction of sp³-hybridized carbons (Fsp3) is 0.800. The van der Waals surface area contributed by atoms with Gasteiger partial charge in [0.05, 0.1) is 6.04 Å². The molecule has 2 atom stereocenters. The molecule has 0 aromatic heterocycles. The second-order valence-electron chi connectivity index (χ2n) is 3.79. The average Bonchev–Trinajstić information content (AvgIpc) is 2.79. The van der Waals surface area contributed by atoms with Crippen LogP contribution in [-0.4, -0.2) is 42.1 Å². The molecular formula is C10H19N3O2S. The minimum absolute atomic E-state index is 0.0934. The van der Waals surface area contributed by atoms with Crippen molar-refractivity contribution in [2.24, 2.45) is 0 Å². The summed E-state index contributed by atoms with van der Waals surface area (Å²) >= 11 is 1.69. The Balaban J connectivity index is 2.29. The lowest BCUT2D eigenvalue weighted by molar-refractivity contribution is -0.129. The Morgan fingerprint density at radius 1 is 1.56 bits per heavy atom. The van der Waals surface area contributed by atoms with Crippen molar-refractivity contribution >= 4 is 23.6 Å². The Morgan fingerprint density at radius 2 is 2.31 bits per heavy atom. The Morgan fingerprint density at radius 3 is 2.88 bits per heavy atom. The summed E-state index contributed by atoms with van der Waals surface area (Å²) in [4.78, 5) is 23.2. The van der Waals surface area contributed by atoms with Gasteiger partial charge in [-0.05, 0) is 13.3 Å². The number of carbonyl (C=O) groups is 2. The van der Waals surface area contributed by atoms with Gasteiger partial charge in [0.2, 0.25) is 11.8 Å². The molecule has 2 unspecified atom stereocenters. The predicted molar refractivity (Wildman–Crippen MR) is 65.2 cm³/mol. The van der Waals surface area contributed by atoms with E-state index in [4.69, 9.17) is 0 Å². The minimum atomic E-state index is -0.466. The van der Waals surface area contributed by atoms with E-state index >= 15 is 0 Å². The van der Waals surface area contributed by atoms with Crippen LogP contribution in [0.25, 0.3) is 0 Å². The Hall–Kier alpha value is -0.750. The maximum Gasteiger partial charge on any atom is 0.242 e. The molecule has 0 aromatic rings. The van der Waals surface area contributed by atoms with Crippen LogP contribution < -0.4 is 16.0 Å². The van der Waals surface area contributed by atoms with Gasteiger partial charge in [-0.3, -0.25) is 14.9 Å². The summed E-state index contributed by atoms with van der Waals surface area (Å²) in [5.74, 6) is 1.36. The van der Waals surface area contributed by atoms with Gasteiger partial charge in [0.15, 0.2) is 0 Å². The van der Waals surface area contributed by atoms with Crippen LogP contribution in [0.4, 0.5) is 0 Å². The second kappa shape index (κ2) is 6.75. The molecule has 0 saturated carbocycles. The van der Waals surface area contributed by atoms with E-state index in [-0.39, 0.29) is 17.9 Å². The maximum absolute atomic E-state index is 11.7. The summed E-state index contributed by atoms with van der Waals surface area (Å²) in [5, 5.41) is 8.52. The van der Waals surface area contributed by atoms with E-state index in [1.54, 1.807) is 18.7 Å². The fourth-order valence-corrected chi connectivity index (χ4v) is 2.29. The lowest BCUT2D eigenvalue weighted by Gasteiger charge is -2.16. The first kappa shape index (κ1) is 13.3. The highest BCUT2D eigenvalue weighted by molar-refractivity contribution is 7.99. The topological polar surface area (TPSA) is 70.2 Å². The molecule has 5 nitrogen and oxygen atoms in total. The molecule has 0 aliphatic carbocycles. The molecular weight excluding hydrogens is 226 g/mol. The van der Waals surface area contributed by atoms with Crippen LogP contribution in [0.15, 0.2) is 0 Å². The van der Waals surface area contributed by atoms with Crippen LogP contribution in [0, 0.1) is 0 Å². The number of hydrogen-bond acceptors (Lipinski definition) is 4. The first-order valence-electron chi connectivity index (χ1n) is 5.54. The predicted octanol–water partition coefficient (Wildman–Crippen LogP) is -0.320. The summed E-state index contributed by atoms with van der Waals surface area (Å²) in [6, 6.07) is -0.627. The van der Waals surface area contributed by atoms with Gasteiger partial charge >= 0.3 is 0 Å². The molecule has 16 heavy (non-hydrogen) atoms. The Bertz CT molecular complexity index is 254. The van der Waals surface area contributed by atoms with E-state index in [2.05, 4.69) is 16.0 Å². The molecule has 1 fully saturated rings. The van der Waals surface area contributed by atoms with Crippen LogP contribution >= 0.6 is 11.8 Å². The van der Waals surface area contributed by atoms with Gasteiger partial charge in [0.1, 0.15) is 6.04 Å². The smallest absolute Gasteiger partial charge is 0.242 e. The van der Waals surface area contributed by atoms with E-state index in [0.717, 1.165) is 18.1 Å². The molecule has 0 spiro atoms. The van der Waals surface area contributed by atoms with Crippen molar-refractivity contribution in [3.05, 3.63) is 0 Å². The van der Waals surface area contributed by atoms with Crippen molar-refractivity contribution in [2.45, 2.75) is 32.4 Å². The third kappa shape index (κ3) is 4.02. The number of amides is 2. The van der Waals surface area contributed by atoms with Crippen molar-refractivity contribution in [3.63, 3.8) is 0 Å². The average molecular weight is 245 g/mol. The van der Waals surface area contributed by atoms with Crippen molar-refractivity contribution in [1.82, 2.24) is 16.0 Å². The molecule has 0 aromatic carbocycles. The molecule has 1 aliphatic heterocycles. The normalized spacial score (nSPS) is 21.5. The maximum atomic E-state index is 11.7. The molecule has 6 heteroatoms. The summed E-state index contributed by atoms with van der Waals surface area (Å²) in [6.07, 6.45) is 0.896. The highest BCUT2D eigenvalue weighted by Gasteiger charge is 2.25. The van der Waals surface area contributed by atoms with Crippen molar-refractivity contribution in [2.75, 3.05) is 18.2 Å². The first-order valence-corrected chi connectivity index (χ1v) is 6.69. The van der Waals surface area contributed by atoms with Crippen LogP contribution in [0.2, 0.25) is 0 Å². The molecule has 92 valence electrons. The van der Waals surface area contributed by atoms with Gasteiger partial charge in [-0.2, -0.15) is 0 Å². The molecule has 1 heterocycles. The SMILES string of the molecule is CCCNC(=O)C(C)NC(=O)C1CSCN1. The second-order valence-corrected chi connectivity index (χ2v) is 4.82. The lowest BCUT2D eigenvalue weighted by atomic mass is 10.2. The first-order chi connectivity index (χ1) is 7.65. The molecule has 2 amide bonds. The highest BCUT2D eigenvalue weighted by Crippen LogP contribution is 2.09. The monoisotopic (exact) mass is 245 g/mol. The van der Waals surface area contributed by atoms with E-state index in [1.165, 1.54) is 0 Å². The molecule has 1 saturated heterocycles. The number of hydrogen-bond donors (Lipinski definition) is 3. The number of nitrogens with one attached hydrogen (secondary N) is 3. The van der Waals surface area contributed by atoms with Crippen LogP contribution in [-0.2, 0) is 9.59 Å². The van der Waals surface area contributed by atoms with E-state index < -0.39 is 6.04 Å². The molecule has 0 radical (unpaired) electrons. The van der Waals surface area contributed by atoms with Gasteiger partial charge < -0.3 is 10.6 Å². The Kier molecular flexibility index (Phi) is 5.62. The molecule has 1 aliphatic rings. The summed E-state index contributed by atoms with van der Waals surface area (Å²) in [7, 11) is 0. The third-order valence-electron chi connectivity index (χ3n) is 2.33. The van der Waals surface area contributed by atoms with Gasteiger partial charge in [-0.15, -0.1) is 11.8 Å². The van der Waals surface area contributed by atoms with Gasteiger partial charge in [0.25, 0.3) is 0 Å². The van der Waals surface area contributed by atoms with Gasteiger partial charge in [0, 0.05) is 18.2 Å². The molecule has 1 rings (SSSR count). The quantitative estimate of drug-likeness (QED) is 0.621. The molecule has 3 N–H and O–H groups in total. The van der Waals surface area contributed by atoms with Gasteiger partial charge in [-0.1, -0.05) is 6.92 Å². The largest absolute Gasteiger partial charge is 0.354 e. The third-order valence-corrected chi connectivity index (χ3v) is 3.27. The zero-order valence-corrected chi connectivity index (χ0v) is 10.5. The summed E-state index contributed by atoms with van der Waals surface area (Å²) in [6.45, 7) is 4.34. The Labute approximate surface area is 100 Å². The lowest BCUT2D eigenvalue weighted by Crippen LogP contribution is -2.50. The van der Waals surface area contributed by atoms with Crippen LogP contribution in [0.5, 0.6) is 0 Å². The number of thioether (sulfide) groups is 1. The minimum Gasteiger partial charge on any atom is -0.354 e. The fourth-order valence-electron chi connectivity index (χ4n) is 1.34. The van der Waals surface area contributed by atoms with E-state index in [1.807, 2.05) is 6.92 Å². The van der Waals surface area contributed by atoms with E-state index in [0.29, 0.717) is 6.54 Å².